The number of fused-ring (bicyclic) bond motifs is 1. The average Bonchev–Trinajstić information content (AvgIpc) is 3.32. The standard InChI is InChI=1S/C50H62FN7O11/c1-7-55-28-37(46(62)63)43(59)36-26-38(51)41(27-40(36)55)56-21-23-58(24-22-56)48(65)68-30-34-13-15-35(16-14-34)52-44(60)39(25-32-17-19-57(20-18-32)49(66)69-50(4,5)6)53-45(61)42(31(2)3)54-47(64)67-29-33-11-9-8-10-12-33/h8-16,26-28,31-32,39,42H,7,17-25,29-30H2,1-6H3,(H,52,60)(H,53,61)(H,54,64)(H,62,63)/t39-,42-/m0/s1. The number of carboxylic acids is 1. The highest BCUT2D eigenvalue weighted by Crippen LogP contribution is 2.28. The molecule has 6 rings (SSSR count). The fourth-order valence-corrected chi connectivity index (χ4v) is 8.27. The van der Waals surface area contributed by atoms with Crippen molar-refractivity contribution in [3.05, 3.63) is 106 Å². The zero-order chi connectivity index (χ0) is 50.0. The predicted octanol–water partition coefficient (Wildman–Crippen LogP) is 6.73. The highest BCUT2D eigenvalue weighted by Gasteiger charge is 2.34. The molecule has 2 atom stereocenters. The number of anilines is 2. The Labute approximate surface area is 400 Å². The van der Waals surface area contributed by atoms with Crippen LogP contribution in [0.2, 0.25) is 0 Å². The maximum atomic E-state index is 15.4. The number of piperidine rings is 1. The molecule has 3 heterocycles. The molecule has 0 saturated carbocycles. The lowest BCUT2D eigenvalue weighted by molar-refractivity contribution is -0.129. The van der Waals surface area contributed by atoms with Gasteiger partial charge in [-0.15, -0.1) is 0 Å². The van der Waals surface area contributed by atoms with E-state index in [1.165, 1.54) is 17.2 Å². The number of hydrogen-bond donors (Lipinski definition) is 4. The third-order valence-corrected chi connectivity index (χ3v) is 12.1. The molecule has 4 N–H and O–H groups in total. The Morgan fingerprint density at radius 3 is 2.03 bits per heavy atom. The van der Waals surface area contributed by atoms with Crippen molar-refractivity contribution in [2.24, 2.45) is 11.8 Å². The van der Waals surface area contributed by atoms with Crippen LogP contribution in [0.3, 0.4) is 0 Å². The van der Waals surface area contributed by atoms with Crippen LogP contribution in [-0.4, -0.2) is 112 Å². The minimum Gasteiger partial charge on any atom is -0.477 e. The van der Waals surface area contributed by atoms with E-state index in [-0.39, 0.29) is 68.7 Å². The maximum Gasteiger partial charge on any atom is 0.410 e. The third kappa shape index (κ3) is 13.7. The van der Waals surface area contributed by atoms with Crippen LogP contribution in [0.4, 0.5) is 30.1 Å². The van der Waals surface area contributed by atoms with Crippen molar-refractivity contribution in [1.29, 1.82) is 0 Å². The number of aromatic nitrogens is 1. The lowest BCUT2D eigenvalue weighted by Crippen LogP contribution is -2.55. The van der Waals surface area contributed by atoms with Gasteiger partial charge in [0.25, 0.3) is 0 Å². The molecule has 2 saturated heterocycles. The number of pyridine rings is 1. The Hall–Kier alpha value is -7.18. The molecule has 4 aromatic rings. The zero-order valence-corrected chi connectivity index (χ0v) is 39.9. The van der Waals surface area contributed by atoms with Crippen LogP contribution < -0.4 is 26.3 Å². The zero-order valence-electron chi connectivity index (χ0n) is 39.9. The highest BCUT2D eigenvalue weighted by molar-refractivity contribution is 5.98. The van der Waals surface area contributed by atoms with E-state index in [1.807, 2.05) is 30.3 Å². The van der Waals surface area contributed by atoms with E-state index in [2.05, 4.69) is 16.0 Å². The number of ether oxygens (including phenoxy) is 3. The number of nitrogens with one attached hydrogen (secondary N) is 3. The molecular formula is C50H62FN7O11. The number of halogens is 1. The Kier molecular flexibility index (Phi) is 16.9. The number of nitrogens with zero attached hydrogens (tertiary/aromatic N) is 4. The number of aromatic carboxylic acids is 1. The first-order chi connectivity index (χ1) is 32.8. The van der Waals surface area contributed by atoms with E-state index >= 15 is 4.39 Å². The molecule has 0 unspecified atom stereocenters. The van der Waals surface area contributed by atoms with Crippen molar-refractivity contribution < 1.29 is 52.5 Å². The summed E-state index contributed by atoms with van der Waals surface area (Å²) in [7, 11) is 0. The summed E-state index contributed by atoms with van der Waals surface area (Å²) in [5, 5.41) is 17.9. The van der Waals surface area contributed by atoms with Crippen LogP contribution in [0.5, 0.6) is 0 Å². The Morgan fingerprint density at radius 2 is 1.42 bits per heavy atom. The van der Waals surface area contributed by atoms with Gasteiger partial charge in [-0.05, 0) is 94.2 Å². The number of benzene rings is 3. The number of rotatable bonds is 15. The van der Waals surface area contributed by atoms with Crippen molar-refractivity contribution in [1.82, 2.24) is 25.0 Å². The summed E-state index contributed by atoms with van der Waals surface area (Å²) in [5.74, 6) is -3.50. The summed E-state index contributed by atoms with van der Waals surface area (Å²) in [6.07, 6.45) is 0.910. The minimum atomic E-state index is -1.39. The molecule has 2 fully saturated rings. The summed E-state index contributed by atoms with van der Waals surface area (Å²) in [4.78, 5) is 95.9. The number of aryl methyl sites for hydroxylation is 1. The van der Waals surface area contributed by atoms with Gasteiger partial charge < -0.3 is 54.5 Å². The topological polar surface area (TPSA) is 218 Å². The lowest BCUT2D eigenvalue weighted by atomic mass is 9.89. The average molecular weight is 956 g/mol. The molecule has 69 heavy (non-hydrogen) atoms. The maximum absolute atomic E-state index is 15.4. The molecule has 370 valence electrons. The molecule has 0 spiro atoms. The van der Waals surface area contributed by atoms with E-state index < -0.39 is 70.6 Å². The summed E-state index contributed by atoms with van der Waals surface area (Å²) in [6, 6.07) is 16.4. The van der Waals surface area contributed by atoms with Crippen LogP contribution >= 0.6 is 0 Å². The van der Waals surface area contributed by atoms with Gasteiger partial charge >= 0.3 is 24.2 Å². The second-order valence-corrected chi connectivity index (χ2v) is 18.6. The van der Waals surface area contributed by atoms with Gasteiger partial charge in [0, 0.05) is 63.1 Å². The first kappa shape index (κ1) is 51.2. The monoisotopic (exact) mass is 955 g/mol. The second-order valence-electron chi connectivity index (χ2n) is 18.6. The van der Waals surface area contributed by atoms with Crippen LogP contribution in [0.15, 0.2) is 77.7 Å². The van der Waals surface area contributed by atoms with Crippen molar-refractivity contribution in [3.63, 3.8) is 0 Å². The number of amides is 5. The van der Waals surface area contributed by atoms with E-state index in [1.54, 1.807) is 80.2 Å². The molecule has 0 bridgehead atoms. The predicted molar refractivity (Wildman–Crippen MR) is 255 cm³/mol. The summed E-state index contributed by atoms with van der Waals surface area (Å²) in [5.41, 5.74) is 0.627. The summed E-state index contributed by atoms with van der Waals surface area (Å²) >= 11 is 0. The van der Waals surface area contributed by atoms with Gasteiger partial charge in [0.05, 0.1) is 11.2 Å². The normalized spacial score (nSPS) is 15.3. The number of carbonyl (C=O) groups is 6. The molecule has 2 aliphatic heterocycles. The first-order valence-electron chi connectivity index (χ1n) is 23.2. The molecule has 18 nitrogen and oxygen atoms in total. The number of likely N-dealkylation sites (tertiary alicyclic amines) is 1. The quantitative estimate of drug-likeness (QED) is 0.0913. The molecule has 5 amide bonds. The van der Waals surface area contributed by atoms with Crippen LogP contribution in [0, 0.1) is 17.7 Å². The number of carboxylic acid groups (broad SMARTS) is 1. The molecule has 0 radical (unpaired) electrons. The molecule has 19 heteroatoms. The number of hydrogen-bond acceptors (Lipinski definition) is 11. The van der Waals surface area contributed by atoms with Gasteiger partial charge in [-0.25, -0.2) is 23.6 Å². The van der Waals surface area contributed by atoms with E-state index in [9.17, 15) is 38.7 Å². The van der Waals surface area contributed by atoms with Crippen LogP contribution in [0.1, 0.15) is 82.3 Å². The largest absolute Gasteiger partial charge is 0.477 e. The van der Waals surface area contributed by atoms with E-state index in [4.69, 9.17) is 14.2 Å². The fourth-order valence-electron chi connectivity index (χ4n) is 8.27. The molecule has 1 aromatic heterocycles. The van der Waals surface area contributed by atoms with Crippen LogP contribution in [-0.2, 0) is 43.6 Å². The van der Waals surface area contributed by atoms with Crippen LogP contribution in [0.25, 0.3) is 10.9 Å². The number of piperazine rings is 1. The van der Waals surface area contributed by atoms with Gasteiger partial charge in [0.2, 0.25) is 17.2 Å². The minimum absolute atomic E-state index is 0.00962. The van der Waals surface area contributed by atoms with Gasteiger partial charge in [0.15, 0.2) is 0 Å². The van der Waals surface area contributed by atoms with E-state index in [0.717, 1.165) is 11.6 Å². The molecule has 2 aliphatic rings. The molecule has 3 aromatic carbocycles. The summed E-state index contributed by atoms with van der Waals surface area (Å²) in [6.45, 7) is 12.9. The molecular weight excluding hydrogens is 894 g/mol. The number of carbonyl (C=O) groups excluding carboxylic acids is 5. The van der Waals surface area contributed by atoms with Gasteiger partial charge in [0.1, 0.15) is 42.3 Å². The Morgan fingerprint density at radius 1 is 0.797 bits per heavy atom. The number of alkyl carbamates (subject to hydrolysis) is 1. The van der Waals surface area contributed by atoms with Crippen molar-refractivity contribution >= 4 is 58.3 Å². The summed E-state index contributed by atoms with van der Waals surface area (Å²) < 4.78 is 33.5. The van der Waals surface area contributed by atoms with Crippen molar-refractivity contribution in [3.8, 4) is 0 Å². The van der Waals surface area contributed by atoms with Gasteiger partial charge in [-0.1, -0.05) is 56.3 Å². The van der Waals surface area contributed by atoms with Crippen molar-refractivity contribution in [2.75, 3.05) is 49.5 Å². The second kappa shape index (κ2) is 22.7. The first-order valence-corrected chi connectivity index (χ1v) is 23.2. The smallest absolute Gasteiger partial charge is 0.410 e. The molecule has 0 aliphatic carbocycles. The third-order valence-electron chi connectivity index (χ3n) is 12.1. The van der Waals surface area contributed by atoms with Gasteiger partial charge in [-0.2, -0.15) is 0 Å². The van der Waals surface area contributed by atoms with Crippen molar-refractivity contribution in [2.45, 2.75) is 98.2 Å². The SMILES string of the molecule is CCn1cc(C(=O)O)c(=O)c2cc(F)c(N3CCN(C(=O)OCc4ccc(NC(=O)[C@H](CC5CCN(C(=O)OC(C)(C)C)CC5)NC(=O)[C@@H](NC(=O)OCc5ccccc5)C(C)C)cc4)CC3)cc21. The highest BCUT2D eigenvalue weighted by atomic mass is 19.1. The lowest BCUT2D eigenvalue weighted by Gasteiger charge is -2.35. The Balaban J connectivity index is 1.04. The fraction of sp³-hybridized carbons (Fsp3) is 0.460. The van der Waals surface area contributed by atoms with Gasteiger partial charge in [-0.3, -0.25) is 14.4 Å². The van der Waals surface area contributed by atoms with E-state index in [0.29, 0.717) is 49.2 Å². The Bertz CT molecular complexity index is 2550.